The van der Waals surface area contributed by atoms with Crippen LogP contribution in [0, 0.1) is 0 Å². The van der Waals surface area contributed by atoms with E-state index in [1.165, 1.54) is 11.5 Å². The van der Waals surface area contributed by atoms with Crippen LogP contribution in [0.15, 0.2) is 0 Å². The summed E-state index contributed by atoms with van der Waals surface area (Å²) in [5.74, 6) is 0. The summed E-state index contributed by atoms with van der Waals surface area (Å²) < 4.78 is 9.61. The van der Waals surface area contributed by atoms with E-state index < -0.39 is 0 Å². The van der Waals surface area contributed by atoms with Gasteiger partial charge in [-0.15, -0.1) is 5.10 Å². The first-order valence-electron chi connectivity index (χ1n) is 5.66. The molecule has 1 N–H and O–H groups in total. The fourth-order valence-electron chi connectivity index (χ4n) is 1.88. The zero-order valence-electron chi connectivity index (χ0n) is 9.77. The van der Waals surface area contributed by atoms with Crippen molar-refractivity contribution >= 4 is 16.5 Å². The lowest BCUT2D eigenvalue weighted by molar-refractivity contribution is -0.0327. The number of nitrogens with one attached hydrogen (secondary N) is 1. The summed E-state index contributed by atoms with van der Waals surface area (Å²) in [5, 5.41) is 8.35. The highest BCUT2D eigenvalue weighted by Crippen LogP contribution is 2.19. The van der Waals surface area contributed by atoms with Gasteiger partial charge in [-0.3, -0.25) is 4.90 Å². The van der Waals surface area contributed by atoms with Gasteiger partial charge in [0.05, 0.1) is 12.7 Å². The number of hydrogen-bond donors (Lipinski definition) is 1. The van der Waals surface area contributed by atoms with Gasteiger partial charge >= 0.3 is 0 Å². The molecule has 0 spiro atoms. The zero-order chi connectivity index (χ0) is 11.4. The van der Waals surface area contributed by atoms with Gasteiger partial charge in [0, 0.05) is 38.2 Å². The Morgan fingerprint density at radius 1 is 1.62 bits per heavy atom. The van der Waals surface area contributed by atoms with Crippen molar-refractivity contribution in [2.24, 2.45) is 0 Å². The Morgan fingerprint density at radius 3 is 3.25 bits per heavy atom. The first-order chi connectivity index (χ1) is 7.83. The molecule has 2 heterocycles. The van der Waals surface area contributed by atoms with E-state index in [0.29, 0.717) is 6.10 Å². The van der Waals surface area contributed by atoms with Gasteiger partial charge in [0.1, 0.15) is 10.7 Å². The Morgan fingerprint density at radius 2 is 2.50 bits per heavy atom. The number of morpholine rings is 1. The third-order valence-corrected chi connectivity index (χ3v) is 3.62. The highest BCUT2D eigenvalue weighted by Gasteiger charge is 2.20. The third kappa shape index (κ3) is 2.69. The van der Waals surface area contributed by atoms with Gasteiger partial charge in [0.2, 0.25) is 0 Å². The number of rotatable bonds is 4. The van der Waals surface area contributed by atoms with Crippen molar-refractivity contribution in [3.63, 3.8) is 0 Å². The van der Waals surface area contributed by atoms with Gasteiger partial charge in [-0.1, -0.05) is 11.4 Å². The van der Waals surface area contributed by atoms with Crippen molar-refractivity contribution in [2.45, 2.75) is 26.0 Å². The van der Waals surface area contributed by atoms with E-state index in [1.807, 2.05) is 7.05 Å². The van der Waals surface area contributed by atoms with Crippen LogP contribution in [0.4, 0.5) is 5.00 Å². The number of aromatic nitrogens is 2. The average molecular weight is 242 g/mol. The fraction of sp³-hybridized carbons (Fsp3) is 0.800. The molecule has 1 fully saturated rings. The van der Waals surface area contributed by atoms with E-state index in [0.717, 1.165) is 43.4 Å². The normalized spacial score (nSPS) is 22.2. The predicted molar refractivity (Wildman–Crippen MR) is 64.8 cm³/mol. The number of ether oxygens (including phenoxy) is 1. The van der Waals surface area contributed by atoms with Crippen LogP contribution in [-0.2, 0) is 11.3 Å². The molecule has 1 unspecified atom stereocenters. The Labute approximate surface area is 100.0 Å². The predicted octanol–water partition coefficient (Wildman–Crippen LogP) is 1.19. The molecule has 0 bridgehead atoms. The standard InChI is InChI=1S/C10H18N4OS/c1-3-8-6-14(4-5-15-8)7-9-10(11-2)16-13-12-9/h8,11H,3-7H2,1-2H3. The lowest BCUT2D eigenvalue weighted by Crippen LogP contribution is -2.41. The highest BCUT2D eigenvalue weighted by molar-refractivity contribution is 7.10. The minimum absolute atomic E-state index is 0.374. The Bertz CT molecular complexity index is 330. The van der Waals surface area contributed by atoms with Crippen LogP contribution in [-0.4, -0.2) is 47.3 Å². The molecule has 1 atom stereocenters. The van der Waals surface area contributed by atoms with Crippen LogP contribution < -0.4 is 5.32 Å². The second-order valence-corrected chi connectivity index (χ2v) is 4.69. The van der Waals surface area contributed by atoms with Crippen molar-refractivity contribution in [3.8, 4) is 0 Å². The molecular weight excluding hydrogens is 224 g/mol. The van der Waals surface area contributed by atoms with Crippen LogP contribution in [0.2, 0.25) is 0 Å². The average Bonchev–Trinajstić information content (AvgIpc) is 2.76. The molecule has 0 amide bonds. The topological polar surface area (TPSA) is 50.3 Å². The molecule has 1 saturated heterocycles. The molecule has 1 aromatic heterocycles. The van der Waals surface area contributed by atoms with E-state index in [9.17, 15) is 0 Å². The summed E-state index contributed by atoms with van der Waals surface area (Å²) in [6.07, 6.45) is 1.45. The summed E-state index contributed by atoms with van der Waals surface area (Å²) in [4.78, 5) is 2.38. The quantitative estimate of drug-likeness (QED) is 0.859. The van der Waals surface area contributed by atoms with E-state index >= 15 is 0 Å². The van der Waals surface area contributed by atoms with Crippen LogP contribution in [0.3, 0.4) is 0 Å². The van der Waals surface area contributed by atoms with Crippen LogP contribution in [0.25, 0.3) is 0 Å². The van der Waals surface area contributed by atoms with Crippen LogP contribution in [0.5, 0.6) is 0 Å². The summed E-state index contributed by atoms with van der Waals surface area (Å²) in [6, 6.07) is 0. The van der Waals surface area contributed by atoms with E-state index in [1.54, 1.807) is 0 Å². The first-order valence-corrected chi connectivity index (χ1v) is 6.43. The molecule has 0 saturated carbocycles. The molecule has 6 heteroatoms. The van der Waals surface area contributed by atoms with Gasteiger partial charge in [0.15, 0.2) is 0 Å². The van der Waals surface area contributed by atoms with Gasteiger partial charge < -0.3 is 10.1 Å². The number of nitrogens with zero attached hydrogens (tertiary/aromatic N) is 3. The van der Waals surface area contributed by atoms with Gasteiger partial charge in [-0.25, -0.2) is 0 Å². The molecule has 5 nitrogen and oxygen atoms in total. The molecule has 0 radical (unpaired) electrons. The maximum atomic E-state index is 5.64. The summed E-state index contributed by atoms with van der Waals surface area (Å²) in [5.41, 5.74) is 1.05. The lowest BCUT2D eigenvalue weighted by atomic mass is 10.2. The van der Waals surface area contributed by atoms with Gasteiger partial charge in [0.25, 0.3) is 0 Å². The minimum Gasteiger partial charge on any atom is -0.377 e. The Hall–Kier alpha value is -0.720. The maximum absolute atomic E-state index is 5.64. The maximum Gasteiger partial charge on any atom is 0.134 e. The minimum atomic E-state index is 0.374. The second kappa shape index (κ2) is 5.56. The van der Waals surface area contributed by atoms with Crippen molar-refractivity contribution < 1.29 is 4.74 Å². The second-order valence-electron chi connectivity index (χ2n) is 3.93. The highest BCUT2D eigenvalue weighted by atomic mass is 32.1. The number of anilines is 1. The summed E-state index contributed by atoms with van der Waals surface area (Å²) in [6.45, 7) is 5.84. The van der Waals surface area contributed by atoms with E-state index in [2.05, 4.69) is 26.7 Å². The molecule has 2 rings (SSSR count). The Kier molecular flexibility index (Phi) is 4.09. The van der Waals surface area contributed by atoms with Crippen molar-refractivity contribution in [2.75, 3.05) is 32.1 Å². The van der Waals surface area contributed by atoms with E-state index in [4.69, 9.17) is 4.74 Å². The number of hydrogen-bond acceptors (Lipinski definition) is 6. The van der Waals surface area contributed by atoms with Crippen molar-refractivity contribution in [3.05, 3.63) is 5.69 Å². The van der Waals surface area contributed by atoms with Gasteiger partial charge in [-0.05, 0) is 6.42 Å². The Balaban J connectivity index is 1.93. The van der Waals surface area contributed by atoms with Crippen molar-refractivity contribution in [1.29, 1.82) is 0 Å². The molecule has 90 valence electrons. The van der Waals surface area contributed by atoms with Crippen LogP contribution in [0.1, 0.15) is 19.0 Å². The molecule has 0 aromatic carbocycles. The molecule has 1 aliphatic rings. The molecule has 1 aromatic rings. The van der Waals surface area contributed by atoms with Crippen molar-refractivity contribution in [1.82, 2.24) is 14.5 Å². The smallest absolute Gasteiger partial charge is 0.134 e. The molecule has 0 aliphatic carbocycles. The monoisotopic (exact) mass is 242 g/mol. The summed E-state index contributed by atoms with van der Waals surface area (Å²) in [7, 11) is 1.91. The molecular formula is C10H18N4OS. The third-order valence-electron chi connectivity index (χ3n) is 2.83. The fourth-order valence-corrected chi connectivity index (χ4v) is 2.41. The summed E-state index contributed by atoms with van der Waals surface area (Å²) >= 11 is 1.41. The largest absolute Gasteiger partial charge is 0.377 e. The zero-order valence-corrected chi connectivity index (χ0v) is 10.6. The van der Waals surface area contributed by atoms with Crippen LogP contribution >= 0.6 is 11.5 Å². The van der Waals surface area contributed by atoms with Gasteiger partial charge in [-0.2, -0.15) is 0 Å². The van der Waals surface area contributed by atoms with E-state index in [-0.39, 0.29) is 0 Å². The first kappa shape index (κ1) is 11.8. The molecule has 1 aliphatic heterocycles. The molecule has 16 heavy (non-hydrogen) atoms. The SMILES string of the molecule is CCC1CN(Cc2nnsc2NC)CCO1. The lowest BCUT2D eigenvalue weighted by Gasteiger charge is -2.31.